The fraction of sp³-hybridized carbons (Fsp3) is 0.364. The molecule has 3 N–H and O–H groups in total. The molecule has 2 unspecified atom stereocenters. The SMILES string of the molecule is O=C(O)c1cc([N+](=O)[O-])ccc1C(O)C(O)CCCl. The number of benzene rings is 1. The first-order valence-electron chi connectivity index (χ1n) is 5.32. The number of nitro groups is 1. The minimum Gasteiger partial charge on any atom is -0.478 e. The lowest BCUT2D eigenvalue weighted by Crippen LogP contribution is -2.21. The highest BCUT2D eigenvalue weighted by Gasteiger charge is 2.25. The molecule has 0 aliphatic carbocycles. The summed E-state index contributed by atoms with van der Waals surface area (Å²) in [7, 11) is 0. The van der Waals surface area contributed by atoms with Gasteiger partial charge in [0.25, 0.3) is 5.69 Å². The number of halogens is 1. The molecule has 0 fully saturated rings. The summed E-state index contributed by atoms with van der Waals surface area (Å²) in [6, 6.07) is 3.02. The van der Waals surface area contributed by atoms with Crippen molar-refractivity contribution in [2.45, 2.75) is 18.6 Å². The van der Waals surface area contributed by atoms with Gasteiger partial charge in [0.15, 0.2) is 0 Å². The maximum absolute atomic E-state index is 11.0. The number of nitrogens with zero attached hydrogens (tertiary/aromatic N) is 1. The van der Waals surface area contributed by atoms with Crippen molar-refractivity contribution in [1.82, 2.24) is 0 Å². The van der Waals surface area contributed by atoms with Crippen molar-refractivity contribution in [2.24, 2.45) is 0 Å². The highest BCUT2D eigenvalue weighted by Crippen LogP contribution is 2.26. The molecule has 0 bridgehead atoms. The zero-order valence-corrected chi connectivity index (χ0v) is 10.4. The van der Waals surface area contributed by atoms with Gasteiger partial charge in [0.2, 0.25) is 0 Å². The quantitative estimate of drug-likeness (QED) is 0.412. The van der Waals surface area contributed by atoms with Gasteiger partial charge in [-0.1, -0.05) is 0 Å². The average molecular weight is 290 g/mol. The van der Waals surface area contributed by atoms with E-state index in [0.29, 0.717) is 0 Å². The van der Waals surface area contributed by atoms with E-state index < -0.39 is 34.4 Å². The molecule has 7 nitrogen and oxygen atoms in total. The van der Waals surface area contributed by atoms with Gasteiger partial charge in [-0.15, -0.1) is 11.6 Å². The number of aliphatic hydroxyl groups excluding tert-OH is 2. The van der Waals surface area contributed by atoms with Gasteiger partial charge in [0.05, 0.1) is 16.6 Å². The Kier molecular flexibility index (Phi) is 5.22. The van der Waals surface area contributed by atoms with Crippen LogP contribution in [0.1, 0.15) is 28.4 Å². The van der Waals surface area contributed by atoms with E-state index in [0.717, 1.165) is 18.2 Å². The Morgan fingerprint density at radius 1 is 1.42 bits per heavy atom. The molecule has 0 aliphatic heterocycles. The molecule has 8 heteroatoms. The molecular formula is C11H12ClNO6. The van der Waals surface area contributed by atoms with Crippen molar-refractivity contribution in [3.8, 4) is 0 Å². The molecule has 0 radical (unpaired) electrons. The Labute approximate surface area is 113 Å². The highest BCUT2D eigenvalue weighted by molar-refractivity contribution is 6.17. The normalized spacial score (nSPS) is 13.8. The van der Waals surface area contributed by atoms with Crippen LogP contribution >= 0.6 is 11.6 Å². The summed E-state index contributed by atoms with van der Waals surface area (Å²) in [4.78, 5) is 20.9. The van der Waals surface area contributed by atoms with Crippen molar-refractivity contribution in [3.05, 3.63) is 39.4 Å². The van der Waals surface area contributed by atoms with E-state index in [2.05, 4.69) is 0 Å². The molecule has 104 valence electrons. The van der Waals surface area contributed by atoms with Gasteiger partial charge in [-0.3, -0.25) is 10.1 Å². The second-order valence-corrected chi connectivity index (χ2v) is 4.20. The molecule has 0 heterocycles. The molecular weight excluding hydrogens is 278 g/mol. The third kappa shape index (κ3) is 3.63. The maximum Gasteiger partial charge on any atom is 0.336 e. The van der Waals surface area contributed by atoms with E-state index in [9.17, 15) is 25.1 Å². The molecule has 1 rings (SSSR count). The van der Waals surface area contributed by atoms with Crippen molar-refractivity contribution >= 4 is 23.3 Å². The number of non-ortho nitro benzene ring substituents is 1. The Balaban J connectivity index is 3.20. The van der Waals surface area contributed by atoms with Crippen LogP contribution in [0.25, 0.3) is 0 Å². The summed E-state index contributed by atoms with van der Waals surface area (Å²) in [5, 5.41) is 39.0. The lowest BCUT2D eigenvalue weighted by atomic mass is 9.97. The van der Waals surface area contributed by atoms with Crippen LogP contribution in [0.5, 0.6) is 0 Å². The minimum absolute atomic E-state index is 0.0682. The number of carboxylic acids is 1. The zero-order valence-electron chi connectivity index (χ0n) is 9.69. The van der Waals surface area contributed by atoms with Crippen LogP contribution in [0, 0.1) is 10.1 Å². The van der Waals surface area contributed by atoms with Crippen LogP contribution in [0.2, 0.25) is 0 Å². The van der Waals surface area contributed by atoms with E-state index in [1.54, 1.807) is 0 Å². The zero-order chi connectivity index (χ0) is 14.6. The predicted molar refractivity (Wildman–Crippen MR) is 66.4 cm³/mol. The Morgan fingerprint density at radius 2 is 2.05 bits per heavy atom. The molecule has 0 spiro atoms. The summed E-state index contributed by atoms with van der Waals surface area (Å²) in [5.74, 6) is -1.33. The maximum atomic E-state index is 11.0. The van der Waals surface area contributed by atoms with Gasteiger partial charge in [-0.2, -0.15) is 0 Å². The summed E-state index contributed by atoms with van der Waals surface area (Å²) in [6.45, 7) is 0. The van der Waals surface area contributed by atoms with Crippen molar-refractivity contribution in [1.29, 1.82) is 0 Å². The van der Waals surface area contributed by atoms with Crippen LogP contribution < -0.4 is 0 Å². The van der Waals surface area contributed by atoms with E-state index in [1.807, 2.05) is 0 Å². The lowest BCUT2D eigenvalue weighted by Gasteiger charge is -2.18. The van der Waals surface area contributed by atoms with Crippen molar-refractivity contribution in [2.75, 3.05) is 5.88 Å². The Hall–Kier alpha value is -1.70. The summed E-state index contributed by atoms with van der Waals surface area (Å²) in [6.07, 6.45) is -2.64. The first kappa shape index (κ1) is 15.4. The first-order chi connectivity index (χ1) is 8.88. The largest absolute Gasteiger partial charge is 0.478 e. The summed E-state index contributed by atoms with van der Waals surface area (Å²) < 4.78 is 0. The lowest BCUT2D eigenvalue weighted by molar-refractivity contribution is -0.384. The van der Waals surface area contributed by atoms with Crippen LogP contribution in [0.3, 0.4) is 0 Å². The highest BCUT2D eigenvalue weighted by atomic mass is 35.5. The van der Waals surface area contributed by atoms with E-state index in [1.165, 1.54) is 0 Å². The number of carboxylic acid groups (broad SMARTS) is 1. The summed E-state index contributed by atoms with van der Waals surface area (Å²) in [5.41, 5.74) is -0.911. The van der Waals surface area contributed by atoms with Crippen LogP contribution in [0.4, 0.5) is 5.69 Å². The van der Waals surface area contributed by atoms with Gasteiger partial charge in [-0.05, 0) is 18.1 Å². The number of carbonyl (C=O) groups is 1. The molecule has 0 aromatic heterocycles. The van der Waals surface area contributed by atoms with Crippen LogP contribution in [0.15, 0.2) is 18.2 Å². The van der Waals surface area contributed by atoms with E-state index >= 15 is 0 Å². The summed E-state index contributed by atoms with van der Waals surface area (Å²) >= 11 is 5.42. The monoisotopic (exact) mass is 289 g/mol. The van der Waals surface area contributed by atoms with E-state index in [-0.39, 0.29) is 17.9 Å². The fourth-order valence-electron chi connectivity index (χ4n) is 1.58. The molecule has 19 heavy (non-hydrogen) atoms. The van der Waals surface area contributed by atoms with Gasteiger partial charge >= 0.3 is 5.97 Å². The van der Waals surface area contributed by atoms with Crippen LogP contribution in [-0.2, 0) is 0 Å². The number of aliphatic hydroxyl groups is 2. The standard InChI is InChI=1S/C11H12ClNO6/c12-4-3-9(14)10(15)7-2-1-6(13(18)19)5-8(7)11(16)17/h1-2,5,9-10,14-15H,3-4H2,(H,16,17). The Bertz CT molecular complexity index is 492. The average Bonchev–Trinajstić information content (AvgIpc) is 2.37. The fourth-order valence-corrected chi connectivity index (χ4v) is 1.80. The number of rotatable bonds is 6. The second-order valence-electron chi connectivity index (χ2n) is 3.82. The number of alkyl halides is 1. The molecule has 0 aliphatic rings. The van der Waals surface area contributed by atoms with Gasteiger partial charge in [-0.25, -0.2) is 4.79 Å². The molecule has 0 saturated heterocycles. The van der Waals surface area contributed by atoms with Crippen molar-refractivity contribution in [3.63, 3.8) is 0 Å². The molecule has 2 atom stereocenters. The first-order valence-corrected chi connectivity index (χ1v) is 5.85. The van der Waals surface area contributed by atoms with Crippen LogP contribution in [-0.4, -0.2) is 38.2 Å². The molecule has 0 amide bonds. The smallest absolute Gasteiger partial charge is 0.336 e. The second kappa shape index (κ2) is 6.46. The topological polar surface area (TPSA) is 121 Å². The molecule has 1 aromatic carbocycles. The van der Waals surface area contributed by atoms with Gasteiger partial charge in [0.1, 0.15) is 6.10 Å². The minimum atomic E-state index is -1.47. The Morgan fingerprint density at radius 3 is 2.53 bits per heavy atom. The van der Waals surface area contributed by atoms with E-state index in [4.69, 9.17) is 16.7 Å². The molecule has 1 aromatic rings. The number of hydrogen-bond acceptors (Lipinski definition) is 5. The van der Waals surface area contributed by atoms with Gasteiger partial charge < -0.3 is 15.3 Å². The number of aromatic carboxylic acids is 1. The number of hydrogen-bond donors (Lipinski definition) is 3. The predicted octanol–water partition coefficient (Wildman–Crippen LogP) is 1.32. The van der Waals surface area contributed by atoms with Gasteiger partial charge in [0, 0.05) is 18.0 Å². The number of nitro benzene ring substituents is 1. The third-order valence-corrected chi connectivity index (χ3v) is 2.78. The van der Waals surface area contributed by atoms with Crippen molar-refractivity contribution < 1.29 is 25.0 Å². The third-order valence-electron chi connectivity index (χ3n) is 2.57. The molecule has 0 saturated carbocycles.